The average molecular weight is 452 g/mol. The second-order valence-corrected chi connectivity index (χ2v) is 11.6. The van der Waals surface area contributed by atoms with Crippen LogP contribution in [0.15, 0.2) is 121 Å². The van der Waals surface area contributed by atoms with Crippen LogP contribution in [0, 0.1) is 0 Å². The number of amides is 1. The Balaban J connectivity index is 1.90. The maximum Gasteiger partial charge on any atom is 0.260 e. The third-order valence-corrected chi connectivity index (χ3v) is 10.6. The average Bonchev–Trinajstić information content (AvgIpc) is 3.16. The molecule has 0 saturated carbocycles. The normalized spacial score (nSPS) is 14.1. The van der Waals surface area contributed by atoms with E-state index in [0.29, 0.717) is 11.4 Å². The van der Waals surface area contributed by atoms with Gasteiger partial charge in [0.2, 0.25) is 0 Å². The molecule has 4 aromatic carbocycles. The van der Waals surface area contributed by atoms with Gasteiger partial charge in [-0.25, -0.2) is 0 Å². The Morgan fingerprint density at radius 1 is 0.594 bits per heavy atom. The predicted octanol–water partition coefficient (Wildman–Crippen LogP) is 4.92. The molecule has 1 amide bonds. The van der Waals surface area contributed by atoms with Crippen molar-refractivity contribution in [1.82, 2.24) is 0 Å². The van der Waals surface area contributed by atoms with E-state index >= 15 is 0 Å². The fourth-order valence-corrected chi connectivity index (χ4v) is 9.41. The molecular weight excluding hydrogens is 429 g/mol. The van der Waals surface area contributed by atoms with E-state index in [0.717, 1.165) is 11.0 Å². The lowest BCUT2D eigenvalue weighted by Gasteiger charge is -2.31. The number of benzene rings is 4. The third kappa shape index (κ3) is 3.35. The smallest absolute Gasteiger partial charge is 0.260 e. The van der Waals surface area contributed by atoms with Crippen LogP contribution in [0.2, 0.25) is 0 Å². The molecule has 1 heterocycles. The molecule has 0 atom stereocenters. The summed E-state index contributed by atoms with van der Waals surface area (Å²) in [6.07, 6.45) is 0.482. The largest absolute Gasteiger partial charge is 0.271 e. The number of anilines is 1. The molecule has 32 heavy (non-hydrogen) atoms. The Labute approximate surface area is 194 Å². The molecule has 0 spiro atoms. The standard InChI is InChI=1S/C28H22NOPS/c30-28-26(21-27(32)29(28)22-13-5-1-6-14-22)31(23-15-7-2-8-16-23,24-17-9-3-10-18-24)25-19-11-4-12-20-25/h1-20H,21H2. The Hall–Kier alpha value is -3.26. The van der Waals surface area contributed by atoms with Gasteiger partial charge in [-0.3, -0.25) is 9.69 Å². The zero-order valence-electron chi connectivity index (χ0n) is 17.5. The van der Waals surface area contributed by atoms with Crippen molar-refractivity contribution in [3.8, 4) is 0 Å². The van der Waals surface area contributed by atoms with Crippen molar-refractivity contribution in [2.75, 3.05) is 4.90 Å². The number of thiocarbonyl (C=S) groups is 1. The molecule has 0 aromatic heterocycles. The number of hydrogen-bond donors (Lipinski definition) is 0. The molecule has 5 rings (SSSR count). The van der Waals surface area contributed by atoms with Gasteiger partial charge < -0.3 is 0 Å². The van der Waals surface area contributed by atoms with Gasteiger partial charge in [0.25, 0.3) is 5.91 Å². The van der Waals surface area contributed by atoms with E-state index in [1.165, 1.54) is 15.9 Å². The lowest BCUT2D eigenvalue weighted by Crippen LogP contribution is -2.35. The molecule has 0 bridgehead atoms. The number of rotatable bonds is 4. The summed E-state index contributed by atoms with van der Waals surface area (Å²) in [5.41, 5.74) is 0.824. The van der Waals surface area contributed by atoms with Crippen molar-refractivity contribution in [2.24, 2.45) is 0 Å². The van der Waals surface area contributed by atoms with Crippen LogP contribution in [-0.4, -0.2) is 16.2 Å². The summed E-state index contributed by atoms with van der Waals surface area (Å²) >= 11 is 5.80. The molecule has 1 aliphatic rings. The van der Waals surface area contributed by atoms with Gasteiger partial charge in [0.1, 0.15) is 0 Å². The van der Waals surface area contributed by atoms with E-state index < -0.39 is 6.89 Å². The lowest BCUT2D eigenvalue weighted by molar-refractivity contribution is -0.111. The maximum atomic E-state index is 14.1. The van der Waals surface area contributed by atoms with Crippen LogP contribution < -0.4 is 20.8 Å². The molecule has 1 saturated heterocycles. The SMILES string of the molecule is O=C1C(=P(c2ccccc2)(c2ccccc2)c2ccccc2)CC(=S)N1c1ccccc1. The van der Waals surface area contributed by atoms with Crippen molar-refractivity contribution in [2.45, 2.75) is 6.42 Å². The quantitative estimate of drug-likeness (QED) is 0.324. The Bertz CT molecular complexity index is 1220. The first-order valence-corrected chi connectivity index (χ1v) is 12.8. The van der Waals surface area contributed by atoms with E-state index in [2.05, 4.69) is 72.8 Å². The summed E-state index contributed by atoms with van der Waals surface area (Å²) in [5.74, 6) is 0.00564. The first-order chi connectivity index (χ1) is 15.7. The molecule has 0 N–H and O–H groups in total. The van der Waals surface area contributed by atoms with Crippen LogP contribution in [0.4, 0.5) is 5.69 Å². The second kappa shape index (κ2) is 8.70. The van der Waals surface area contributed by atoms with Gasteiger partial charge in [-0.1, -0.05) is 121 Å². The molecule has 1 aliphatic heterocycles. The van der Waals surface area contributed by atoms with Gasteiger partial charge in [-0.15, -0.1) is 0 Å². The Kier molecular flexibility index (Phi) is 5.61. The predicted molar refractivity (Wildman–Crippen MR) is 141 cm³/mol. The van der Waals surface area contributed by atoms with Crippen LogP contribution in [0.5, 0.6) is 0 Å². The fourth-order valence-electron chi connectivity index (χ4n) is 4.51. The molecule has 0 radical (unpaired) electrons. The fraction of sp³-hybridized carbons (Fsp3) is 0.0357. The van der Waals surface area contributed by atoms with Gasteiger partial charge in [0, 0.05) is 17.4 Å². The first kappa shape index (κ1) is 20.6. The van der Waals surface area contributed by atoms with E-state index in [9.17, 15) is 4.79 Å². The highest BCUT2D eigenvalue weighted by Crippen LogP contribution is 2.48. The number of hydrogen-bond acceptors (Lipinski definition) is 2. The number of carbonyl (C=O) groups excluding carboxylic acids is 1. The highest BCUT2D eigenvalue weighted by Gasteiger charge is 2.41. The van der Waals surface area contributed by atoms with Crippen LogP contribution >= 0.6 is 19.1 Å². The minimum absolute atomic E-state index is 0.00564. The number of carbonyl (C=O) groups is 1. The number of nitrogens with zero attached hydrogens (tertiary/aromatic N) is 1. The monoisotopic (exact) mass is 451 g/mol. The minimum atomic E-state index is -2.41. The van der Waals surface area contributed by atoms with Crippen molar-refractivity contribution in [1.29, 1.82) is 0 Å². The molecule has 1 fully saturated rings. The van der Waals surface area contributed by atoms with Crippen LogP contribution in [0.25, 0.3) is 0 Å². The van der Waals surface area contributed by atoms with E-state index in [-0.39, 0.29) is 5.91 Å². The lowest BCUT2D eigenvalue weighted by atomic mass is 10.3. The van der Waals surface area contributed by atoms with E-state index in [4.69, 9.17) is 12.2 Å². The summed E-state index contributed by atoms with van der Waals surface area (Å²) in [6.45, 7) is -2.41. The summed E-state index contributed by atoms with van der Waals surface area (Å²) in [7, 11) is 0. The molecular formula is C28H22NOPS. The highest BCUT2D eigenvalue weighted by molar-refractivity contribution is 7.97. The van der Waals surface area contributed by atoms with Gasteiger partial charge >= 0.3 is 0 Å². The van der Waals surface area contributed by atoms with Crippen molar-refractivity contribution >= 4 is 56.9 Å². The Morgan fingerprint density at radius 3 is 1.38 bits per heavy atom. The van der Waals surface area contributed by atoms with Crippen molar-refractivity contribution in [3.63, 3.8) is 0 Å². The third-order valence-electron chi connectivity index (χ3n) is 5.87. The molecule has 4 aromatic rings. The molecule has 2 nitrogen and oxygen atoms in total. The summed E-state index contributed by atoms with van der Waals surface area (Å²) < 4.78 is 0. The van der Waals surface area contributed by atoms with Crippen molar-refractivity contribution in [3.05, 3.63) is 121 Å². The van der Waals surface area contributed by atoms with Gasteiger partial charge in [-0.2, -0.15) is 0 Å². The Morgan fingerprint density at radius 2 is 0.969 bits per heavy atom. The summed E-state index contributed by atoms with van der Waals surface area (Å²) in [4.78, 5) is 16.5. The maximum absolute atomic E-state index is 14.1. The van der Waals surface area contributed by atoms with Crippen LogP contribution in [0.1, 0.15) is 6.42 Å². The first-order valence-electron chi connectivity index (χ1n) is 10.6. The van der Waals surface area contributed by atoms with Gasteiger partial charge in [0.15, 0.2) is 0 Å². The molecule has 156 valence electrons. The minimum Gasteiger partial charge on any atom is -0.271 e. The zero-order valence-corrected chi connectivity index (χ0v) is 19.2. The van der Waals surface area contributed by atoms with Crippen LogP contribution in [-0.2, 0) is 4.79 Å². The topological polar surface area (TPSA) is 20.3 Å². The zero-order chi connectivity index (χ0) is 22.0. The summed E-state index contributed by atoms with van der Waals surface area (Å²) in [5, 5.41) is 4.38. The van der Waals surface area contributed by atoms with E-state index in [1.54, 1.807) is 4.90 Å². The van der Waals surface area contributed by atoms with E-state index in [1.807, 2.05) is 48.5 Å². The molecule has 4 heteroatoms. The highest BCUT2D eigenvalue weighted by atomic mass is 32.1. The molecule has 0 aliphatic carbocycles. The summed E-state index contributed by atoms with van der Waals surface area (Å²) in [6, 6.07) is 41.1. The second-order valence-electron chi connectivity index (χ2n) is 7.67. The van der Waals surface area contributed by atoms with Gasteiger partial charge in [0.05, 0.1) is 4.99 Å². The number of para-hydroxylation sites is 1. The van der Waals surface area contributed by atoms with Crippen LogP contribution in [0.3, 0.4) is 0 Å². The molecule has 0 unspecified atom stereocenters. The van der Waals surface area contributed by atoms with Crippen molar-refractivity contribution < 1.29 is 4.79 Å². The van der Waals surface area contributed by atoms with Gasteiger partial charge in [-0.05, 0) is 34.9 Å².